The fourth-order valence-electron chi connectivity index (χ4n) is 2.02. The Kier molecular flexibility index (Phi) is 5.22. The topological polar surface area (TPSA) is 130 Å². The lowest BCUT2D eigenvalue weighted by Gasteiger charge is -2.11. The summed E-state index contributed by atoms with van der Waals surface area (Å²) < 4.78 is 27.3. The summed E-state index contributed by atoms with van der Waals surface area (Å²) >= 11 is 0. The van der Waals surface area contributed by atoms with Crippen LogP contribution < -0.4 is 15.4 Å². The van der Waals surface area contributed by atoms with Crippen LogP contribution in [-0.2, 0) is 10.0 Å². The number of amides is 2. The first kappa shape index (κ1) is 18.2. The van der Waals surface area contributed by atoms with E-state index in [9.17, 15) is 23.3 Å². The molecule has 132 valence electrons. The molecule has 0 radical (unpaired) electrons. The highest BCUT2D eigenvalue weighted by Crippen LogP contribution is 2.24. The predicted molar refractivity (Wildman–Crippen MR) is 93.2 cm³/mol. The van der Waals surface area contributed by atoms with Gasteiger partial charge in [-0.05, 0) is 36.8 Å². The highest BCUT2D eigenvalue weighted by atomic mass is 32.2. The van der Waals surface area contributed by atoms with Crippen LogP contribution in [0.3, 0.4) is 0 Å². The second kappa shape index (κ2) is 7.18. The summed E-state index contributed by atoms with van der Waals surface area (Å²) in [5.74, 6) is 0. The number of benzene rings is 2. The minimum Gasteiger partial charge on any atom is -0.341 e. The standard InChI is InChI=1S/C15H16N4O5S/c1-10-3-8-13(19(21)22)9-14(10)25(23,24)18-12-6-4-11(5-7-12)17-15(20)16-2/h3-9,18H,1-2H3,(H2,16,17,20). The maximum atomic E-state index is 12.5. The van der Waals surface area contributed by atoms with Crippen LogP contribution in [0.15, 0.2) is 47.4 Å². The van der Waals surface area contributed by atoms with E-state index < -0.39 is 21.0 Å². The quantitative estimate of drug-likeness (QED) is 0.554. The Hall–Kier alpha value is -3.14. The van der Waals surface area contributed by atoms with Crippen LogP contribution in [-0.4, -0.2) is 26.4 Å². The van der Waals surface area contributed by atoms with Crippen LogP contribution in [0, 0.1) is 17.0 Å². The molecule has 2 rings (SSSR count). The van der Waals surface area contributed by atoms with Crippen molar-refractivity contribution in [1.82, 2.24) is 5.32 Å². The average molecular weight is 364 g/mol. The Morgan fingerprint density at radius 3 is 2.24 bits per heavy atom. The minimum absolute atomic E-state index is 0.172. The van der Waals surface area contributed by atoms with Crippen molar-refractivity contribution in [2.24, 2.45) is 0 Å². The van der Waals surface area contributed by atoms with Crippen molar-refractivity contribution in [3.05, 3.63) is 58.1 Å². The largest absolute Gasteiger partial charge is 0.341 e. The summed E-state index contributed by atoms with van der Waals surface area (Å²) in [6.45, 7) is 1.55. The van der Waals surface area contributed by atoms with E-state index in [1.165, 1.54) is 43.4 Å². The second-order valence-corrected chi connectivity index (χ2v) is 6.74. The van der Waals surface area contributed by atoms with E-state index in [4.69, 9.17) is 0 Å². The number of nitrogens with zero attached hydrogens (tertiary/aromatic N) is 1. The Bertz CT molecular complexity index is 910. The van der Waals surface area contributed by atoms with Gasteiger partial charge in [-0.2, -0.15) is 0 Å². The molecule has 2 aromatic rings. The van der Waals surface area contributed by atoms with Gasteiger partial charge in [0.1, 0.15) is 0 Å². The number of nitrogens with one attached hydrogen (secondary N) is 3. The van der Waals surface area contributed by atoms with Crippen LogP contribution in [0.25, 0.3) is 0 Å². The van der Waals surface area contributed by atoms with Crippen molar-refractivity contribution >= 4 is 33.1 Å². The summed E-state index contributed by atoms with van der Waals surface area (Å²) in [5, 5.41) is 15.8. The zero-order valence-corrected chi connectivity index (χ0v) is 14.3. The summed E-state index contributed by atoms with van der Waals surface area (Å²) in [7, 11) is -2.52. The van der Waals surface area contributed by atoms with E-state index in [-0.39, 0.29) is 16.3 Å². The fraction of sp³-hybridized carbons (Fsp3) is 0.133. The molecule has 10 heteroatoms. The Labute approximate surface area is 144 Å². The number of hydrogen-bond acceptors (Lipinski definition) is 5. The van der Waals surface area contributed by atoms with Gasteiger partial charge >= 0.3 is 6.03 Å². The molecule has 0 aliphatic rings. The van der Waals surface area contributed by atoms with Gasteiger partial charge in [0.2, 0.25) is 0 Å². The summed E-state index contributed by atoms with van der Waals surface area (Å²) in [6.07, 6.45) is 0. The second-order valence-electron chi connectivity index (χ2n) is 5.09. The van der Waals surface area contributed by atoms with Crippen LogP contribution in [0.4, 0.5) is 21.9 Å². The molecular formula is C15H16N4O5S. The van der Waals surface area contributed by atoms with Crippen molar-refractivity contribution < 1.29 is 18.1 Å². The van der Waals surface area contributed by atoms with Crippen molar-refractivity contribution in [2.45, 2.75) is 11.8 Å². The van der Waals surface area contributed by atoms with Crippen molar-refractivity contribution in [3.63, 3.8) is 0 Å². The van der Waals surface area contributed by atoms with Gasteiger partial charge < -0.3 is 10.6 Å². The summed E-state index contributed by atoms with van der Waals surface area (Å²) in [5.41, 5.74) is 0.814. The Morgan fingerprint density at radius 2 is 1.68 bits per heavy atom. The molecule has 0 aliphatic carbocycles. The Morgan fingerprint density at radius 1 is 1.08 bits per heavy atom. The molecule has 0 heterocycles. The number of non-ortho nitro benzene ring substituents is 1. The number of nitro benzene ring substituents is 1. The lowest BCUT2D eigenvalue weighted by molar-refractivity contribution is -0.385. The molecule has 3 N–H and O–H groups in total. The van der Waals surface area contributed by atoms with Crippen LogP contribution >= 0.6 is 0 Å². The highest BCUT2D eigenvalue weighted by Gasteiger charge is 2.20. The van der Waals surface area contributed by atoms with Gasteiger partial charge in [-0.25, -0.2) is 13.2 Å². The number of aryl methyl sites for hydroxylation is 1. The molecule has 2 amide bonds. The van der Waals surface area contributed by atoms with Crippen molar-refractivity contribution in [3.8, 4) is 0 Å². The lowest BCUT2D eigenvalue weighted by atomic mass is 10.2. The average Bonchev–Trinajstić information content (AvgIpc) is 2.56. The molecule has 2 aromatic carbocycles. The maximum absolute atomic E-state index is 12.5. The zero-order valence-electron chi connectivity index (χ0n) is 13.4. The molecule has 0 atom stereocenters. The summed E-state index contributed by atoms with van der Waals surface area (Å²) in [4.78, 5) is 21.2. The molecule has 0 saturated heterocycles. The fourth-order valence-corrected chi connectivity index (χ4v) is 3.34. The molecule has 25 heavy (non-hydrogen) atoms. The number of sulfonamides is 1. The molecular weight excluding hydrogens is 348 g/mol. The molecule has 0 unspecified atom stereocenters. The van der Waals surface area contributed by atoms with E-state index in [1.807, 2.05) is 0 Å². The van der Waals surface area contributed by atoms with Crippen LogP contribution in [0.2, 0.25) is 0 Å². The minimum atomic E-state index is -3.99. The smallest absolute Gasteiger partial charge is 0.318 e. The van der Waals surface area contributed by atoms with Gasteiger partial charge in [-0.1, -0.05) is 6.07 Å². The molecule has 0 saturated carbocycles. The van der Waals surface area contributed by atoms with E-state index in [2.05, 4.69) is 15.4 Å². The number of hydrogen-bond donors (Lipinski definition) is 3. The molecule has 0 aliphatic heterocycles. The number of carbonyl (C=O) groups excluding carboxylic acids is 1. The predicted octanol–water partition coefficient (Wildman–Crippen LogP) is 2.46. The van der Waals surface area contributed by atoms with E-state index in [0.29, 0.717) is 11.3 Å². The number of carbonyl (C=O) groups is 1. The van der Waals surface area contributed by atoms with Crippen LogP contribution in [0.1, 0.15) is 5.56 Å². The third kappa shape index (κ3) is 4.44. The van der Waals surface area contributed by atoms with Gasteiger partial charge in [0.05, 0.1) is 9.82 Å². The summed E-state index contributed by atoms with van der Waals surface area (Å²) in [6, 6.07) is 9.21. The van der Waals surface area contributed by atoms with Crippen molar-refractivity contribution in [2.75, 3.05) is 17.1 Å². The zero-order chi connectivity index (χ0) is 18.6. The van der Waals surface area contributed by atoms with Gasteiger partial charge in [0.25, 0.3) is 15.7 Å². The molecule has 0 spiro atoms. The SMILES string of the molecule is CNC(=O)Nc1ccc(NS(=O)(=O)c2cc([N+](=O)[O-])ccc2C)cc1. The van der Waals surface area contributed by atoms with Gasteiger partial charge in [-0.15, -0.1) is 0 Å². The third-order valence-electron chi connectivity index (χ3n) is 3.29. The molecule has 9 nitrogen and oxygen atoms in total. The van der Waals surface area contributed by atoms with Gasteiger partial charge in [0, 0.05) is 30.6 Å². The van der Waals surface area contributed by atoms with Crippen molar-refractivity contribution in [1.29, 1.82) is 0 Å². The van der Waals surface area contributed by atoms with E-state index in [0.717, 1.165) is 6.07 Å². The van der Waals surface area contributed by atoms with E-state index in [1.54, 1.807) is 6.92 Å². The number of nitro groups is 1. The first-order valence-electron chi connectivity index (χ1n) is 7.09. The van der Waals surface area contributed by atoms with Gasteiger partial charge in [-0.3, -0.25) is 14.8 Å². The maximum Gasteiger partial charge on any atom is 0.318 e. The third-order valence-corrected chi connectivity index (χ3v) is 4.82. The highest BCUT2D eigenvalue weighted by molar-refractivity contribution is 7.92. The lowest BCUT2D eigenvalue weighted by Crippen LogP contribution is -2.24. The molecule has 0 bridgehead atoms. The molecule has 0 aromatic heterocycles. The number of rotatable bonds is 5. The Balaban J connectivity index is 2.25. The first-order valence-corrected chi connectivity index (χ1v) is 8.58. The first-order chi connectivity index (χ1) is 11.7. The monoisotopic (exact) mass is 364 g/mol. The van der Waals surface area contributed by atoms with E-state index >= 15 is 0 Å². The molecule has 0 fully saturated rings. The number of urea groups is 1. The van der Waals surface area contributed by atoms with Crippen LogP contribution in [0.5, 0.6) is 0 Å². The normalized spacial score (nSPS) is 10.8. The van der Waals surface area contributed by atoms with Gasteiger partial charge in [0.15, 0.2) is 0 Å². The number of anilines is 2.